The standard InChI is InChI=1S/C20H20N2O3S2/c1-5-6-13-9-14(10-16(24-3)18(13)25-4)19(23)22-20-21-15(11-26-20)17-8-7-12(2)27-17/h5,7-11H,1,6H2,2-4H3,(H,21,22,23). The fourth-order valence-electron chi connectivity index (χ4n) is 2.67. The number of benzene rings is 1. The van der Waals surface area contributed by atoms with E-state index in [0.29, 0.717) is 28.6 Å². The normalized spacial score (nSPS) is 10.5. The molecule has 0 spiro atoms. The number of thiazole rings is 1. The quantitative estimate of drug-likeness (QED) is 0.555. The third-order valence-electron chi connectivity index (χ3n) is 3.90. The van der Waals surface area contributed by atoms with E-state index in [2.05, 4.69) is 29.9 Å². The van der Waals surface area contributed by atoms with Crippen LogP contribution in [0.5, 0.6) is 11.5 Å². The lowest BCUT2D eigenvalue weighted by atomic mass is 10.1. The van der Waals surface area contributed by atoms with Crippen molar-refractivity contribution in [3.05, 3.63) is 58.3 Å². The Balaban J connectivity index is 1.84. The van der Waals surface area contributed by atoms with Crippen LogP contribution in [0.1, 0.15) is 20.8 Å². The Bertz CT molecular complexity index is 976. The number of nitrogens with zero attached hydrogens (tertiary/aromatic N) is 1. The molecule has 0 aliphatic heterocycles. The molecule has 0 aliphatic rings. The summed E-state index contributed by atoms with van der Waals surface area (Å²) in [6.07, 6.45) is 2.33. The van der Waals surface area contributed by atoms with E-state index in [-0.39, 0.29) is 5.91 Å². The maximum atomic E-state index is 12.7. The molecule has 1 aromatic carbocycles. The molecule has 2 aromatic heterocycles. The van der Waals surface area contributed by atoms with Crippen molar-refractivity contribution in [3.8, 4) is 22.1 Å². The number of hydrogen-bond acceptors (Lipinski definition) is 6. The van der Waals surface area contributed by atoms with Crippen molar-refractivity contribution in [1.82, 2.24) is 4.98 Å². The summed E-state index contributed by atoms with van der Waals surface area (Å²) in [6.45, 7) is 5.81. The maximum Gasteiger partial charge on any atom is 0.257 e. The Morgan fingerprint density at radius 1 is 1.30 bits per heavy atom. The van der Waals surface area contributed by atoms with E-state index in [1.165, 1.54) is 16.2 Å². The smallest absolute Gasteiger partial charge is 0.257 e. The largest absolute Gasteiger partial charge is 0.493 e. The Morgan fingerprint density at radius 3 is 2.74 bits per heavy atom. The molecule has 0 atom stereocenters. The molecule has 0 fully saturated rings. The van der Waals surface area contributed by atoms with Crippen molar-refractivity contribution in [2.24, 2.45) is 0 Å². The molecule has 0 saturated heterocycles. The molecule has 7 heteroatoms. The van der Waals surface area contributed by atoms with Crippen LogP contribution in [-0.2, 0) is 6.42 Å². The first-order valence-electron chi connectivity index (χ1n) is 8.25. The number of ether oxygens (including phenoxy) is 2. The van der Waals surface area contributed by atoms with Crippen LogP contribution >= 0.6 is 22.7 Å². The number of rotatable bonds is 7. The van der Waals surface area contributed by atoms with Gasteiger partial charge in [-0.25, -0.2) is 4.98 Å². The molecule has 3 rings (SSSR count). The first kappa shape index (κ1) is 19.1. The molecular formula is C20H20N2O3S2. The second-order valence-electron chi connectivity index (χ2n) is 5.77. The number of thiophene rings is 1. The van der Waals surface area contributed by atoms with E-state index in [1.54, 1.807) is 43.8 Å². The van der Waals surface area contributed by atoms with Crippen molar-refractivity contribution in [2.75, 3.05) is 19.5 Å². The molecule has 1 N–H and O–H groups in total. The molecule has 0 saturated carbocycles. The number of anilines is 1. The Labute approximate surface area is 166 Å². The number of aromatic nitrogens is 1. The third kappa shape index (κ3) is 4.20. The highest BCUT2D eigenvalue weighted by Crippen LogP contribution is 2.34. The molecule has 0 bridgehead atoms. The highest BCUT2D eigenvalue weighted by atomic mass is 32.1. The number of hydrogen-bond donors (Lipinski definition) is 1. The van der Waals surface area contributed by atoms with Gasteiger partial charge < -0.3 is 9.47 Å². The fourth-order valence-corrected chi connectivity index (χ4v) is 4.28. The van der Waals surface area contributed by atoms with Crippen molar-refractivity contribution in [3.63, 3.8) is 0 Å². The van der Waals surface area contributed by atoms with Crippen molar-refractivity contribution >= 4 is 33.7 Å². The second kappa shape index (κ2) is 8.37. The highest BCUT2D eigenvalue weighted by Gasteiger charge is 2.17. The van der Waals surface area contributed by atoms with Crippen LogP contribution in [0, 0.1) is 6.92 Å². The first-order chi connectivity index (χ1) is 13.0. The molecule has 5 nitrogen and oxygen atoms in total. The Morgan fingerprint density at radius 2 is 2.11 bits per heavy atom. The average molecular weight is 401 g/mol. The number of nitrogens with one attached hydrogen (secondary N) is 1. The van der Waals surface area contributed by atoms with Crippen molar-refractivity contribution < 1.29 is 14.3 Å². The summed E-state index contributed by atoms with van der Waals surface area (Å²) in [5.74, 6) is 0.874. The highest BCUT2D eigenvalue weighted by molar-refractivity contribution is 7.17. The zero-order valence-corrected chi connectivity index (χ0v) is 17.0. The summed E-state index contributed by atoms with van der Waals surface area (Å²) >= 11 is 3.08. The van der Waals surface area contributed by atoms with Gasteiger partial charge in [0.2, 0.25) is 0 Å². The number of amides is 1. The van der Waals surface area contributed by atoms with Gasteiger partial charge in [0, 0.05) is 21.4 Å². The lowest BCUT2D eigenvalue weighted by Gasteiger charge is -2.14. The van der Waals surface area contributed by atoms with Gasteiger partial charge in [0.25, 0.3) is 5.91 Å². The summed E-state index contributed by atoms with van der Waals surface area (Å²) in [5.41, 5.74) is 2.19. The zero-order valence-electron chi connectivity index (χ0n) is 15.4. The summed E-state index contributed by atoms with van der Waals surface area (Å²) in [5, 5.41) is 5.36. The summed E-state index contributed by atoms with van der Waals surface area (Å²) in [7, 11) is 3.13. The number of methoxy groups -OCH3 is 2. The van der Waals surface area contributed by atoms with Gasteiger partial charge in [-0.1, -0.05) is 6.08 Å². The van der Waals surface area contributed by atoms with E-state index in [1.807, 2.05) is 11.4 Å². The minimum absolute atomic E-state index is 0.246. The number of aryl methyl sites for hydroxylation is 1. The van der Waals surface area contributed by atoms with Gasteiger partial charge in [-0.3, -0.25) is 10.1 Å². The van der Waals surface area contributed by atoms with Crippen LogP contribution in [0.4, 0.5) is 5.13 Å². The van der Waals surface area contributed by atoms with Gasteiger partial charge in [-0.15, -0.1) is 29.3 Å². The molecule has 2 heterocycles. The van der Waals surface area contributed by atoms with E-state index in [9.17, 15) is 4.79 Å². The number of carbonyl (C=O) groups excluding carboxylic acids is 1. The fraction of sp³-hybridized carbons (Fsp3) is 0.200. The predicted octanol–water partition coefficient (Wildman–Crippen LogP) is 5.18. The molecular weight excluding hydrogens is 380 g/mol. The third-order valence-corrected chi connectivity index (χ3v) is 5.68. The summed E-state index contributed by atoms with van der Waals surface area (Å²) in [4.78, 5) is 19.6. The van der Waals surface area contributed by atoms with E-state index in [4.69, 9.17) is 9.47 Å². The van der Waals surface area contributed by atoms with Crippen molar-refractivity contribution in [1.29, 1.82) is 0 Å². The minimum atomic E-state index is -0.246. The second-order valence-corrected chi connectivity index (χ2v) is 7.91. The van der Waals surface area contributed by atoms with Gasteiger partial charge in [-0.2, -0.15) is 0 Å². The number of carbonyl (C=O) groups is 1. The molecule has 0 radical (unpaired) electrons. The molecule has 140 valence electrons. The van der Waals surface area contributed by atoms with Gasteiger partial charge in [0.15, 0.2) is 16.6 Å². The van der Waals surface area contributed by atoms with Crippen LogP contribution in [0.2, 0.25) is 0 Å². The molecule has 0 aliphatic carbocycles. The maximum absolute atomic E-state index is 12.7. The summed E-state index contributed by atoms with van der Waals surface area (Å²) < 4.78 is 10.8. The minimum Gasteiger partial charge on any atom is -0.493 e. The Hall–Kier alpha value is -2.64. The molecule has 0 unspecified atom stereocenters. The summed E-state index contributed by atoms with van der Waals surface area (Å²) in [6, 6.07) is 7.55. The van der Waals surface area contributed by atoms with Crippen LogP contribution < -0.4 is 14.8 Å². The Kier molecular flexibility index (Phi) is 5.93. The van der Waals surface area contributed by atoms with Crippen LogP contribution in [-0.4, -0.2) is 25.1 Å². The topological polar surface area (TPSA) is 60.5 Å². The van der Waals surface area contributed by atoms with Crippen LogP contribution in [0.25, 0.3) is 10.6 Å². The lowest BCUT2D eigenvalue weighted by molar-refractivity contribution is 0.102. The van der Waals surface area contributed by atoms with E-state index < -0.39 is 0 Å². The molecule has 3 aromatic rings. The van der Waals surface area contributed by atoms with Gasteiger partial charge in [0.05, 0.1) is 24.8 Å². The molecule has 1 amide bonds. The zero-order chi connectivity index (χ0) is 19.4. The SMILES string of the molecule is C=CCc1cc(C(=O)Nc2nc(-c3ccc(C)s3)cs2)cc(OC)c1OC. The molecule has 27 heavy (non-hydrogen) atoms. The average Bonchev–Trinajstić information content (AvgIpc) is 3.30. The van der Waals surface area contributed by atoms with Gasteiger partial charge in [0.1, 0.15) is 0 Å². The van der Waals surface area contributed by atoms with Gasteiger partial charge >= 0.3 is 0 Å². The van der Waals surface area contributed by atoms with Crippen LogP contribution in [0.15, 0.2) is 42.3 Å². The monoisotopic (exact) mass is 400 g/mol. The van der Waals surface area contributed by atoms with E-state index in [0.717, 1.165) is 16.1 Å². The van der Waals surface area contributed by atoms with Gasteiger partial charge in [-0.05, 0) is 37.6 Å². The van der Waals surface area contributed by atoms with Crippen molar-refractivity contribution in [2.45, 2.75) is 13.3 Å². The first-order valence-corrected chi connectivity index (χ1v) is 9.94. The lowest BCUT2D eigenvalue weighted by Crippen LogP contribution is -2.13. The number of allylic oxidation sites excluding steroid dienone is 1. The van der Waals surface area contributed by atoms with E-state index >= 15 is 0 Å². The predicted molar refractivity (Wildman–Crippen MR) is 112 cm³/mol. The van der Waals surface area contributed by atoms with Crippen LogP contribution in [0.3, 0.4) is 0 Å².